The van der Waals surface area contributed by atoms with E-state index in [1.54, 1.807) is 0 Å². The highest BCUT2D eigenvalue weighted by atomic mass is 35.5. The number of aliphatic hydroxyl groups excluding tert-OH is 1. The highest BCUT2D eigenvalue weighted by Crippen LogP contribution is 2.47. The molecule has 1 atom stereocenters. The molecule has 178 valence electrons. The molecule has 1 aromatic carbocycles. The van der Waals surface area contributed by atoms with E-state index < -0.39 is 46.9 Å². The summed E-state index contributed by atoms with van der Waals surface area (Å²) in [4.78, 5) is 24.9. The number of hydrogen-bond acceptors (Lipinski definition) is 6. The van der Waals surface area contributed by atoms with E-state index in [0.717, 1.165) is 12.1 Å². The van der Waals surface area contributed by atoms with Crippen molar-refractivity contribution in [3.8, 4) is 5.75 Å². The third-order valence-electron chi connectivity index (χ3n) is 6.33. The van der Waals surface area contributed by atoms with E-state index in [4.69, 9.17) is 20.9 Å². The summed E-state index contributed by atoms with van der Waals surface area (Å²) >= 11 is 5.62. The van der Waals surface area contributed by atoms with E-state index in [9.17, 15) is 27.9 Å². The van der Waals surface area contributed by atoms with Gasteiger partial charge in [0, 0.05) is 17.7 Å². The van der Waals surface area contributed by atoms with Crippen molar-refractivity contribution >= 4 is 23.4 Å². The van der Waals surface area contributed by atoms with Crippen molar-refractivity contribution in [1.29, 1.82) is 0 Å². The fourth-order valence-corrected chi connectivity index (χ4v) is 4.61. The van der Waals surface area contributed by atoms with Gasteiger partial charge in [-0.2, -0.15) is 0 Å². The van der Waals surface area contributed by atoms with Gasteiger partial charge in [0.2, 0.25) is 5.76 Å². The lowest BCUT2D eigenvalue weighted by atomic mass is 9.60. The van der Waals surface area contributed by atoms with Crippen LogP contribution in [0, 0.1) is 5.82 Å². The summed E-state index contributed by atoms with van der Waals surface area (Å²) in [5, 5.41) is 19.5. The van der Waals surface area contributed by atoms with Gasteiger partial charge in [0.05, 0.1) is 16.7 Å². The lowest BCUT2D eigenvalue weighted by Gasteiger charge is -2.56. The molecule has 5 rings (SSSR count). The standard InChI is InChI=1S/C21H21ClF3N3O5/c22-12-2-1-11(7-13(12)23)32-10-17(30)26-21-5-3-20(4-6-21,9-16(21)29)27-19(31)15-8-14(18(24)25)28-33-15/h1-2,7-8,16,18,29H,3-6,9-10H2,(H,26,30)(H,27,31). The Labute approximate surface area is 191 Å². The van der Waals surface area contributed by atoms with Crippen LogP contribution in [-0.4, -0.2) is 45.9 Å². The number of aromatic nitrogens is 1. The number of rotatable bonds is 7. The van der Waals surface area contributed by atoms with Gasteiger partial charge >= 0.3 is 0 Å². The number of carbonyl (C=O) groups is 2. The third kappa shape index (κ3) is 4.79. The summed E-state index contributed by atoms with van der Waals surface area (Å²) < 4.78 is 48.9. The number of hydrogen-bond donors (Lipinski definition) is 3. The van der Waals surface area contributed by atoms with Crippen LogP contribution in [0.15, 0.2) is 28.8 Å². The van der Waals surface area contributed by atoms with Gasteiger partial charge in [-0.1, -0.05) is 16.8 Å². The molecule has 0 spiro atoms. The summed E-state index contributed by atoms with van der Waals surface area (Å²) in [6.07, 6.45) is -1.97. The van der Waals surface area contributed by atoms with Gasteiger partial charge in [0.25, 0.3) is 18.2 Å². The number of amides is 2. The van der Waals surface area contributed by atoms with E-state index in [1.807, 2.05) is 0 Å². The SMILES string of the molecule is O=C(COc1ccc(Cl)c(F)c1)NC12CCC(NC(=O)c3cc(C(F)F)no3)(CC1)CC2O. The first-order chi connectivity index (χ1) is 15.6. The number of alkyl halides is 2. The second-order valence-electron chi connectivity index (χ2n) is 8.44. The molecule has 1 heterocycles. The zero-order valence-electron chi connectivity index (χ0n) is 17.2. The molecule has 2 amide bonds. The molecule has 1 unspecified atom stereocenters. The van der Waals surface area contributed by atoms with E-state index in [1.165, 1.54) is 12.1 Å². The van der Waals surface area contributed by atoms with Crippen molar-refractivity contribution in [3.05, 3.63) is 46.6 Å². The monoisotopic (exact) mass is 487 g/mol. The zero-order valence-corrected chi connectivity index (χ0v) is 18.0. The fraction of sp³-hybridized carbons (Fsp3) is 0.476. The number of carbonyl (C=O) groups excluding carboxylic acids is 2. The molecular weight excluding hydrogens is 467 g/mol. The Hall–Kier alpha value is -2.79. The summed E-state index contributed by atoms with van der Waals surface area (Å²) in [7, 11) is 0. The van der Waals surface area contributed by atoms with Gasteiger partial charge in [-0.3, -0.25) is 9.59 Å². The van der Waals surface area contributed by atoms with Crippen LogP contribution < -0.4 is 15.4 Å². The molecule has 8 nitrogen and oxygen atoms in total. The molecule has 0 radical (unpaired) electrons. The highest BCUT2D eigenvalue weighted by molar-refractivity contribution is 6.30. The lowest BCUT2D eigenvalue weighted by Crippen LogP contribution is -2.70. The van der Waals surface area contributed by atoms with Crippen molar-refractivity contribution in [2.45, 2.75) is 55.7 Å². The first-order valence-electron chi connectivity index (χ1n) is 10.3. The highest BCUT2D eigenvalue weighted by Gasteiger charge is 2.55. The number of benzene rings is 1. The van der Waals surface area contributed by atoms with Crippen LogP contribution in [-0.2, 0) is 4.79 Å². The summed E-state index contributed by atoms with van der Waals surface area (Å²) in [6, 6.07) is 4.70. The summed E-state index contributed by atoms with van der Waals surface area (Å²) in [5.41, 5.74) is -2.26. The Kier molecular flexibility index (Phi) is 6.28. The van der Waals surface area contributed by atoms with Gasteiger partial charge in [-0.15, -0.1) is 0 Å². The second-order valence-corrected chi connectivity index (χ2v) is 8.85. The maximum absolute atomic E-state index is 13.5. The summed E-state index contributed by atoms with van der Waals surface area (Å²) in [5.74, 6) is -2.04. The molecule has 3 fully saturated rings. The molecule has 2 bridgehead atoms. The molecule has 0 aliphatic heterocycles. The van der Waals surface area contributed by atoms with Gasteiger partial charge in [0.1, 0.15) is 11.6 Å². The van der Waals surface area contributed by atoms with E-state index in [-0.39, 0.29) is 29.6 Å². The topological polar surface area (TPSA) is 114 Å². The Morgan fingerprint density at radius 2 is 1.97 bits per heavy atom. The fourth-order valence-electron chi connectivity index (χ4n) is 4.49. The number of halogens is 4. The predicted octanol–water partition coefficient (Wildman–Crippen LogP) is 3.15. The molecule has 3 N–H and O–H groups in total. The van der Waals surface area contributed by atoms with Crippen LogP contribution in [0.2, 0.25) is 5.02 Å². The quantitative estimate of drug-likeness (QED) is 0.553. The predicted molar refractivity (Wildman–Crippen MR) is 109 cm³/mol. The van der Waals surface area contributed by atoms with Gasteiger partial charge < -0.3 is 25.0 Å². The molecule has 33 heavy (non-hydrogen) atoms. The molecule has 0 saturated heterocycles. The Balaban J connectivity index is 1.34. The largest absolute Gasteiger partial charge is 0.484 e. The second kappa shape index (κ2) is 8.86. The van der Waals surface area contributed by atoms with E-state index in [2.05, 4.69) is 15.8 Å². The van der Waals surface area contributed by atoms with Gasteiger partial charge in [-0.25, -0.2) is 13.2 Å². The minimum absolute atomic E-state index is 0.0634. The molecule has 2 aromatic rings. The lowest BCUT2D eigenvalue weighted by molar-refractivity contribution is -0.132. The molecule has 1 aromatic heterocycles. The van der Waals surface area contributed by atoms with E-state index >= 15 is 0 Å². The third-order valence-corrected chi connectivity index (χ3v) is 6.63. The molecular formula is C21H21ClF3N3O5. The van der Waals surface area contributed by atoms with Gasteiger partial charge in [-0.05, 0) is 44.2 Å². The first kappa shape index (κ1) is 23.4. The average molecular weight is 488 g/mol. The maximum Gasteiger partial charge on any atom is 0.290 e. The zero-order chi connectivity index (χ0) is 23.8. The normalized spacial score (nSPS) is 26.3. The number of ether oxygens (including phenoxy) is 1. The minimum atomic E-state index is -2.86. The smallest absolute Gasteiger partial charge is 0.290 e. The van der Waals surface area contributed by atoms with Crippen LogP contribution in [0.4, 0.5) is 13.2 Å². The Morgan fingerprint density at radius 1 is 1.24 bits per heavy atom. The molecule has 3 saturated carbocycles. The Morgan fingerprint density at radius 3 is 2.58 bits per heavy atom. The minimum Gasteiger partial charge on any atom is -0.484 e. The first-order valence-corrected chi connectivity index (χ1v) is 10.6. The molecule has 3 aliphatic rings. The summed E-state index contributed by atoms with van der Waals surface area (Å²) in [6.45, 7) is -0.380. The van der Waals surface area contributed by atoms with Crippen LogP contribution in [0.5, 0.6) is 5.75 Å². The molecule has 12 heteroatoms. The van der Waals surface area contributed by atoms with Crippen molar-refractivity contribution < 1.29 is 37.1 Å². The number of nitrogens with one attached hydrogen (secondary N) is 2. The van der Waals surface area contributed by atoms with Crippen LogP contribution >= 0.6 is 11.6 Å². The van der Waals surface area contributed by atoms with Crippen molar-refractivity contribution in [2.75, 3.05) is 6.61 Å². The van der Waals surface area contributed by atoms with Crippen LogP contribution in [0.3, 0.4) is 0 Å². The number of aliphatic hydroxyl groups is 1. The Bertz CT molecular complexity index is 1060. The number of fused-ring (bicyclic) bond motifs is 3. The van der Waals surface area contributed by atoms with Gasteiger partial charge in [0.15, 0.2) is 12.3 Å². The van der Waals surface area contributed by atoms with Crippen molar-refractivity contribution in [3.63, 3.8) is 0 Å². The molecule has 3 aliphatic carbocycles. The van der Waals surface area contributed by atoms with Crippen LogP contribution in [0.25, 0.3) is 0 Å². The van der Waals surface area contributed by atoms with Crippen LogP contribution in [0.1, 0.15) is 54.8 Å². The van der Waals surface area contributed by atoms with Crippen molar-refractivity contribution in [1.82, 2.24) is 15.8 Å². The number of nitrogens with zero attached hydrogens (tertiary/aromatic N) is 1. The average Bonchev–Trinajstić information content (AvgIpc) is 3.27. The maximum atomic E-state index is 13.5. The van der Waals surface area contributed by atoms with Crippen molar-refractivity contribution in [2.24, 2.45) is 0 Å². The van der Waals surface area contributed by atoms with E-state index in [0.29, 0.717) is 25.7 Å².